The second-order valence-corrected chi connectivity index (χ2v) is 7.09. The Kier molecular flexibility index (Phi) is 9.31. The number of aliphatic hydroxyl groups is 1. The summed E-state index contributed by atoms with van der Waals surface area (Å²) in [6.07, 6.45) is 3.91. The van der Waals surface area contributed by atoms with Gasteiger partial charge in [0.25, 0.3) is 0 Å². The number of carbonyl (C=O) groups is 2. The first-order valence-electron chi connectivity index (χ1n) is 10.1. The van der Waals surface area contributed by atoms with Crippen molar-refractivity contribution in [2.24, 2.45) is 0 Å². The third-order valence-corrected chi connectivity index (χ3v) is 4.94. The third kappa shape index (κ3) is 7.17. The molecule has 1 aliphatic carbocycles. The molecule has 30 heavy (non-hydrogen) atoms. The normalized spacial score (nSPS) is 15.9. The van der Waals surface area contributed by atoms with Crippen LogP contribution in [-0.2, 0) is 22.4 Å². The highest BCUT2D eigenvalue weighted by atomic mass is 16.5. The Morgan fingerprint density at radius 2 is 1.77 bits per heavy atom. The lowest BCUT2D eigenvalue weighted by molar-refractivity contribution is -0.159. The van der Waals surface area contributed by atoms with E-state index < -0.39 is 18.0 Å². The molecule has 7 nitrogen and oxygen atoms in total. The van der Waals surface area contributed by atoms with Crippen molar-refractivity contribution in [3.8, 4) is 5.75 Å². The van der Waals surface area contributed by atoms with E-state index >= 15 is 0 Å². The van der Waals surface area contributed by atoms with E-state index in [2.05, 4.69) is 42.6 Å². The van der Waals surface area contributed by atoms with Crippen molar-refractivity contribution in [3.05, 3.63) is 65.2 Å². The van der Waals surface area contributed by atoms with Crippen LogP contribution in [0.2, 0.25) is 0 Å². The molecule has 1 aliphatic rings. The number of carboxylic acids is 2. The number of hydrogen-bond donors (Lipinski definition) is 4. The van der Waals surface area contributed by atoms with Gasteiger partial charge in [0, 0.05) is 12.6 Å². The molecule has 0 radical (unpaired) electrons. The molecule has 162 valence electrons. The second-order valence-electron chi connectivity index (χ2n) is 7.09. The van der Waals surface area contributed by atoms with Crippen molar-refractivity contribution >= 4 is 11.9 Å². The molecule has 2 atom stereocenters. The molecular weight excluding hydrogens is 386 g/mol. The molecule has 0 saturated heterocycles. The number of rotatable bonds is 7. The summed E-state index contributed by atoms with van der Waals surface area (Å²) >= 11 is 0. The van der Waals surface area contributed by atoms with E-state index in [-0.39, 0.29) is 0 Å². The van der Waals surface area contributed by atoms with Crippen LogP contribution < -0.4 is 10.1 Å². The van der Waals surface area contributed by atoms with Gasteiger partial charge in [-0.1, -0.05) is 49.4 Å². The Bertz CT molecular complexity index is 826. The Hall–Kier alpha value is -2.90. The van der Waals surface area contributed by atoms with Gasteiger partial charge >= 0.3 is 11.9 Å². The predicted molar refractivity (Wildman–Crippen MR) is 113 cm³/mol. The monoisotopic (exact) mass is 415 g/mol. The van der Waals surface area contributed by atoms with Crippen molar-refractivity contribution in [3.63, 3.8) is 0 Å². The summed E-state index contributed by atoms with van der Waals surface area (Å²) in [6, 6.07) is 17.0. The highest BCUT2D eigenvalue weighted by Gasteiger charge is 2.20. The molecule has 0 amide bonds. The van der Waals surface area contributed by atoms with Gasteiger partial charge in [0.05, 0.1) is 0 Å². The summed E-state index contributed by atoms with van der Waals surface area (Å²) in [5, 5.41) is 28.6. The van der Waals surface area contributed by atoms with Crippen LogP contribution in [0.25, 0.3) is 0 Å². The lowest BCUT2D eigenvalue weighted by Crippen LogP contribution is -2.35. The van der Waals surface area contributed by atoms with Gasteiger partial charge in [-0.2, -0.15) is 0 Å². The number of hydrogen-bond acceptors (Lipinski definition) is 5. The molecular formula is C23H29NO6. The van der Waals surface area contributed by atoms with E-state index in [1.165, 1.54) is 23.1 Å². The van der Waals surface area contributed by atoms with Crippen LogP contribution in [0.15, 0.2) is 48.5 Å². The number of ether oxygens (including phenoxy) is 1. The Labute approximate surface area is 176 Å². The number of aliphatic carboxylic acids is 2. The highest BCUT2D eigenvalue weighted by Crippen LogP contribution is 2.29. The van der Waals surface area contributed by atoms with Gasteiger partial charge in [0.2, 0.25) is 0 Å². The number of para-hydroxylation sites is 1. The van der Waals surface area contributed by atoms with Gasteiger partial charge in [-0.25, -0.2) is 9.59 Å². The fourth-order valence-corrected chi connectivity index (χ4v) is 3.43. The van der Waals surface area contributed by atoms with Crippen LogP contribution in [0.5, 0.6) is 5.75 Å². The average molecular weight is 415 g/mol. The minimum absolute atomic E-state index is 0.318. The van der Waals surface area contributed by atoms with E-state index in [4.69, 9.17) is 24.5 Å². The molecule has 0 aromatic heterocycles. The number of aliphatic hydroxyl groups excluding tert-OH is 1. The van der Waals surface area contributed by atoms with E-state index in [1.54, 1.807) is 0 Å². The molecule has 2 aromatic rings. The predicted octanol–water partition coefficient (Wildman–Crippen LogP) is 2.81. The maximum atomic E-state index is 10.3. The molecule has 0 unspecified atom stereocenters. The molecule has 0 aliphatic heterocycles. The van der Waals surface area contributed by atoms with E-state index in [1.807, 2.05) is 18.2 Å². The van der Waals surface area contributed by atoms with Gasteiger partial charge in [0.15, 0.2) is 0 Å². The van der Waals surface area contributed by atoms with Crippen LogP contribution in [0.3, 0.4) is 0 Å². The van der Waals surface area contributed by atoms with Crippen LogP contribution >= 0.6 is 0 Å². The third-order valence-electron chi connectivity index (χ3n) is 4.94. The van der Waals surface area contributed by atoms with Gasteiger partial charge < -0.3 is 25.4 Å². The summed E-state index contributed by atoms with van der Waals surface area (Å²) < 4.78 is 5.81. The first-order chi connectivity index (χ1) is 14.4. The van der Waals surface area contributed by atoms with Gasteiger partial charge in [-0.3, -0.25) is 0 Å². The van der Waals surface area contributed by atoms with Gasteiger partial charge in [-0.05, 0) is 48.4 Å². The van der Waals surface area contributed by atoms with Crippen molar-refractivity contribution < 1.29 is 29.6 Å². The van der Waals surface area contributed by atoms with Crippen LogP contribution in [0.1, 0.15) is 42.5 Å². The van der Waals surface area contributed by atoms with E-state index in [0.29, 0.717) is 19.2 Å². The Morgan fingerprint density at radius 3 is 2.47 bits per heavy atom. The maximum absolute atomic E-state index is 10.3. The largest absolute Gasteiger partial charge is 0.491 e. The Balaban J connectivity index is 0.000000469. The molecule has 7 heteroatoms. The number of nitrogens with one attached hydrogen (secondary N) is 1. The molecule has 0 bridgehead atoms. The van der Waals surface area contributed by atoms with Crippen LogP contribution in [0, 0.1) is 0 Å². The SMILES string of the molecule is CCc1ccccc1OC[C@@H](O)CN[C@H]1CCCc2ccccc21.O=C(O)C(=O)O. The zero-order chi connectivity index (χ0) is 21.9. The summed E-state index contributed by atoms with van der Waals surface area (Å²) in [4.78, 5) is 18.2. The second kappa shape index (κ2) is 11.9. The number of fused-ring (bicyclic) bond motifs is 1. The first-order valence-corrected chi connectivity index (χ1v) is 10.1. The van der Waals surface area contributed by atoms with Crippen molar-refractivity contribution in [2.75, 3.05) is 13.2 Å². The number of benzene rings is 2. The first kappa shape index (κ1) is 23.4. The van der Waals surface area contributed by atoms with Crippen LogP contribution in [-0.4, -0.2) is 46.5 Å². The zero-order valence-electron chi connectivity index (χ0n) is 17.1. The summed E-state index contributed by atoms with van der Waals surface area (Å²) in [5.41, 5.74) is 4.00. The van der Waals surface area contributed by atoms with Crippen molar-refractivity contribution in [1.29, 1.82) is 0 Å². The highest BCUT2D eigenvalue weighted by molar-refractivity contribution is 6.27. The van der Waals surface area contributed by atoms with Gasteiger partial charge in [-0.15, -0.1) is 0 Å². The van der Waals surface area contributed by atoms with E-state index in [0.717, 1.165) is 25.0 Å². The quantitative estimate of drug-likeness (QED) is 0.514. The lowest BCUT2D eigenvalue weighted by atomic mass is 9.88. The molecule has 0 saturated carbocycles. The molecule has 3 rings (SSSR count). The van der Waals surface area contributed by atoms with Crippen molar-refractivity contribution in [1.82, 2.24) is 5.32 Å². The average Bonchev–Trinajstić information content (AvgIpc) is 2.76. The van der Waals surface area contributed by atoms with Crippen LogP contribution in [0.4, 0.5) is 0 Å². The lowest BCUT2D eigenvalue weighted by Gasteiger charge is -2.27. The smallest absolute Gasteiger partial charge is 0.414 e. The fourth-order valence-electron chi connectivity index (χ4n) is 3.43. The molecule has 4 N–H and O–H groups in total. The molecule has 2 aromatic carbocycles. The zero-order valence-corrected chi connectivity index (χ0v) is 17.1. The minimum atomic E-state index is -1.82. The molecule has 0 heterocycles. The summed E-state index contributed by atoms with van der Waals surface area (Å²) in [6.45, 7) is 2.98. The topological polar surface area (TPSA) is 116 Å². The number of aryl methyl sites for hydroxylation is 2. The fraction of sp³-hybridized carbons (Fsp3) is 0.391. The summed E-state index contributed by atoms with van der Waals surface area (Å²) in [5.74, 6) is -2.77. The Morgan fingerprint density at radius 1 is 1.10 bits per heavy atom. The number of carboxylic acid groups (broad SMARTS) is 2. The standard InChI is InChI=1S/C21H27NO2.C2H2O4/c1-2-16-8-4-6-13-21(16)24-15-18(23)14-22-20-12-7-10-17-9-3-5-11-19(17)20;3-1(4)2(5)6/h3-6,8-9,11,13,18,20,22-23H,2,7,10,12,14-15H2,1H3;(H,3,4)(H,5,6)/t18-,20-;/m0./s1. The minimum Gasteiger partial charge on any atom is -0.491 e. The molecule has 0 spiro atoms. The van der Waals surface area contributed by atoms with Crippen molar-refractivity contribution in [2.45, 2.75) is 44.8 Å². The maximum Gasteiger partial charge on any atom is 0.414 e. The summed E-state index contributed by atoms with van der Waals surface area (Å²) in [7, 11) is 0. The van der Waals surface area contributed by atoms with Gasteiger partial charge in [0.1, 0.15) is 18.5 Å². The molecule has 0 fully saturated rings. The van der Waals surface area contributed by atoms with E-state index in [9.17, 15) is 5.11 Å².